The van der Waals surface area contributed by atoms with Crippen molar-refractivity contribution in [1.82, 2.24) is 15.5 Å². The number of aliphatic imine (C=N–C) groups is 1. The molecule has 0 radical (unpaired) electrons. The standard InChI is InChI=1S/C18H32N4.HI/c1-5-22(6-2)14-10-9-13-20-18(19-4)21-15-17-12-8-7-11-16(17)3;/h7-8,11-12H,5-6,9-10,13-15H2,1-4H3,(H2,19,20,21);1H. The van der Waals surface area contributed by atoms with Gasteiger partial charge in [-0.2, -0.15) is 0 Å². The van der Waals surface area contributed by atoms with E-state index in [9.17, 15) is 0 Å². The van der Waals surface area contributed by atoms with Crippen LogP contribution in [0.5, 0.6) is 0 Å². The average Bonchev–Trinajstić information content (AvgIpc) is 2.55. The van der Waals surface area contributed by atoms with Gasteiger partial charge in [-0.1, -0.05) is 38.1 Å². The van der Waals surface area contributed by atoms with Crippen LogP contribution in [0.2, 0.25) is 0 Å². The minimum absolute atomic E-state index is 0. The lowest BCUT2D eigenvalue weighted by atomic mass is 10.1. The Hall–Kier alpha value is -0.820. The molecule has 0 aliphatic heterocycles. The fourth-order valence-electron chi connectivity index (χ4n) is 2.42. The van der Waals surface area contributed by atoms with Crippen molar-refractivity contribution in [3.63, 3.8) is 0 Å². The average molecular weight is 432 g/mol. The molecule has 2 N–H and O–H groups in total. The van der Waals surface area contributed by atoms with Gasteiger partial charge in [0.1, 0.15) is 0 Å². The zero-order valence-corrected chi connectivity index (χ0v) is 17.4. The van der Waals surface area contributed by atoms with Crippen molar-refractivity contribution in [3.8, 4) is 0 Å². The first-order chi connectivity index (χ1) is 10.7. The Morgan fingerprint density at radius 1 is 1.09 bits per heavy atom. The molecular weight excluding hydrogens is 399 g/mol. The Kier molecular flexibility index (Phi) is 13.1. The molecule has 0 aliphatic carbocycles. The maximum Gasteiger partial charge on any atom is 0.191 e. The zero-order valence-electron chi connectivity index (χ0n) is 15.1. The maximum atomic E-state index is 4.28. The van der Waals surface area contributed by atoms with Gasteiger partial charge < -0.3 is 15.5 Å². The first-order valence-electron chi connectivity index (χ1n) is 8.42. The molecular formula is C18H33IN4. The third-order valence-electron chi connectivity index (χ3n) is 4.02. The molecule has 1 aromatic rings. The van der Waals surface area contributed by atoms with Crippen LogP contribution < -0.4 is 10.6 Å². The van der Waals surface area contributed by atoms with E-state index in [-0.39, 0.29) is 24.0 Å². The fourth-order valence-corrected chi connectivity index (χ4v) is 2.42. The van der Waals surface area contributed by atoms with E-state index in [1.165, 1.54) is 30.5 Å². The lowest BCUT2D eigenvalue weighted by Gasteiger charge is -2.18. The third kappa shape index (κ3) is 9.15. The van der Waals surface area contributed by atoms with Crippen molar-refractivity contribution < 1.29 is 0 Å². The molecule has 5 heteroatoms. The second-order valence-corrected chi connectivity index (χ2v) is 5.51. The molecule has 0 aliphatic rings. The Morgan fingerprint density at radius 3 is 2.39 bits per heavy atom. The molecule has 1 aromatic carbocycles. The SMILES string of the molecule is CCN(CC)CCCCNC(=NC)NCc1ccccc1C.I. The van der Waals surface area contributed by atoms with Crippen LogP contribution in [0.15, 0.2) is 29.3 Å². The topological polar surface area (TPSA) is 39.7 Å². The predicted molar refractivity (Wildman–Crippen MR) is 112 cm³/mol. The molecule has 0 fully saturated rings. The highest BCUT2D eigenvalue weighted by Crippen LogP contribution is 2.05. The van der Waals surface area contributed by atoms with E-state index in [4.69, 9.17) is 0 Å². The molecule has 0 spiro atoms. The second kappa shape index (κ2) is 13.6. The molecule has 0 unspecified atom stereocenters. The summed E-state index contributed by atoms with van der Waals surface area (Å²) in [6.45, 7) is 11.8. The summed E-state index contributed by atoms with van der Waals surface area (Å²) >= 11 is 0. The van der Waals surface area contributed by atoms with Crippen LogP contribution in [0.4, 0.5) is 0 Å². The van der Waals surface area contributed by atoms with Crippen molar-refractivity contribution in [2.45, 2.75) is 40.2 Å². The predicted octanol–water partition coefficient (Wildman–Crippen LogP) is 3.40. The number of unbranched alkanes of at least 4 members (excludes halogenated alkanes) is 1. The van der Waals surface area contributed by atoms with Crippen molar-refractivity contribution >= 4 is 29.9 Å². The minimum atomic E-state index is 0. The molecule has 1 rings (SSSR count). The van der Waals surface area contributed by atoms with Gasteiger partial charge >= 0.3 is 0 Å². The van der Waals surface area contributed by atoms with Gasteiger partial charge in [-0.15, -0.1) is 24.0 Å². The maximum absolute atomic E-state index is 4.28. The quantitative estimate of drug-likeness (QED) is 0.272. The van der Waals surface area contributed by atoms with Gasteiger partial charge in [-0.05, 0) is 50.5 Å². The first kappa shape index (κ1) is 22.2. The van der Waals surface area contributed by atoms with Gasteiger partial charge in [0.15, 0.2) is 5.96 Å². The van der Waals surface area contributed by atoms with Gasteiger partial charge in [0.25, 0.3) is 0 Å². The Bertz CT molecular complexity index is 444. The normalized spacial score (nSPS) is 11.3. The number of benzene rings is 1. The molecule has 0 saturated carbocycles. The minimum Gasteiger partial charge on any atom is -0.356 e. The molecule has 0 amide bonds. The van der Waals surface area contributed by atoms with Crippen LogP contribution in [0.3, 0.4) is 0 Å². The summed E-state index contributed by atoms with van der Waals surface area (Å²) in [5.74, 6) is 0.881. The van der Waals surface area contributed by atoms with Crippen LogP contribution in [0, 0.1) is 6.92 Å². The van der Waals surface area contributed by atoms with E-state index < -0.39 is 0 Å². The highest BCUT2D eigenvalue weighted by molar-refractivity contribution is 14.0. The lowest BCUT2D eigenvalue weighted by molar-refractivity contribution is 0.297. The van der Waals surface area contributed by atoms with Crippen molar-refractivity contribution in [3.05, 3.63) is 35.4 Å². The third-order valence-corrected chi connectivity index (χ3v) is 4.02. The second-order valence-electron chi connectivity index (χ2n) is 5.51. The molecule has 23 heavy (non-hydrogen) atoms. The number of rotatable bonds is 9. The van der Waals surface area contributed by atoms with Gasteiger partial charge in [0, 0.05) is 20.1 Å². The van der Waals surface area contributed by atoms with Crippen LogP contribution in [0.25, 0.3) is 0 Å². The molecule has 0 heterocycles. The summed E-state index contributed by atoms with van der Waals surface area (Å²) in [5, 5.41) is 6.77. The largest absolute Gasteiger partial charge is 0.356 e. The fraction of sp³-hybridized carbons (Fsp3) is 0.611. The number of hydrogen-bond acceptors (Lipinski definition) is 2. The summed E-state index contributed by atoms with van der Waals surface area (Å²) in [6, 6.07) is 8.44. The number of guanidine groups is 1. The van der Waals surface area contributed by atoms with E-state index in [0.29, 0.717) is 0 Å². The molecule has 0 atom stereocenters. The first-order valence-corrected chi connectivity index (χ1v) is 8.42. The molecule has 0 aromatic heterocycles. The van der Waals surface area contributed by atoms with E-state index in [1.807, 2.05) is 7.05 Å². The Balaban J connectivity index is 0.00000484. The Labute approximate surface area is 159 Å². The van der Waals surface area contributed by atoms with E-state index >= 15 is 0 Å². The smallest absolute Gasteiger partial charge is 0.191 e. The summed E-state index contributed by atoms with van der Waals surface area (Å²) in [4.78, 5) is 6.75. The number of hydrogen-bond donors (Lipinski definition) is 2. The molecule has 0 bridgehead atoms. The highest BCUT2D eigenvalue weighted by Gasteiger charge is 2.01. The number of halogens is 1. The van der Waals surface area contributed by atoms with Crippen molar-refractivity contribution in [1.29, 1.82) is 0 Å². The molecule has 0 saturated heterocycles. The monoisotopic (exact) mass is 432 g/mol. The van der Waals surface area contributed by atoms with E-state index in [0.717, 1.165) is 32.1 Å². The van der Waals surface area contributed by atoms with Gasteiger partial charge in [0.05, 0.1) is 0 Å². The van der Waals surface area contributed by atoms with Crippen LogP contribution in [-0.2, 0) is 6.54 Å². The number of aryl methyl sites for hydroxylation is 1. The van der Waals surface area contributed by atoms with Crippen LogP contribution >= 0.6 is 24.0 Å². The molecule has 132 valence electrons. The summed E-state index contributed by atoms with van der Waals surface area (Å²) in [6.07, 6.45) is 2.39. The highest BCUT2D eigenvalue weighted by atomic mass is 127. The van der Waals surface area contributed by atoms with E-state index in [2.05, 4.69) is 65.6 Å². The zero-order chi connectivity index (χ0) is 16.2. The van der Waals surface area contributed by atoms with Crippen molar-refractivity contribution in [2.24, 2.45) is 4.99 Å². The van der Waals surface area contributed by atoms with Gasteiger partial charge in [-0.3, -0.25) is 4.99 Å². The van der Waals surface area contributed by atoms with Gasteiger partial charge in [-0.25, -0.2) is 0 Å². The van der Waals surface area contributed by atoms with Crippen LogP contribution in [0.1, 0.15) is 37.8 Å². The molecule has 4 nitrogen and oxygen atoms in total. The Morgan fingerprint density at radius 2 is 1.78 bits per heavy atom. The van der Waals surface area contributed by atoms with Crippen LogP contribution in [-0.4, -0.2) is 44.1 Å². The number of nitrogens with one attached hydrogen (secondary N) is 2. The summed E-state index contributed by atoms with van der Waals surface area (Å²) in [7, 11) is 1.82. The summed E-state index contributed by atoms with van der Waals surface area (Å²) in [5.41, 5.74) is 2.62. The number of nitrogens with zero attached hydrogens (tertiary/aromatic N) is 2. The van der Waals surface area contributed by atoms with E-state index in [1.54, 1.807) is 0 Å². The summed E-state index contributed by atoms with van der Waals surface area (Å²) < 4.78 is 0. The van der Waals surface area contributed by atoms with Crippen molar-refractivity contribution in [2.75, 3.05) is 33.2 Å². The lowest BCUT2D eigenvalue weighted by Crippen LogP contribution is -2.37. The van der Waals surface area contributed by atoms with Gasteiger partial charge in [0.2, 0.25) is 0 Å².